The molecule has 0 spiro atoms. The molecule has 0 saturated heterocycles. The highest BCUT2D eigenvalue weighted by molar-refractivity contribution is 6.80. The minimum Gasteiger partial charge on any atom is -0.461 e. The minimum absolute atomic E-state index is 0.866. The zero-order chi connectivity index (χ0) is 7.33. The van der Waals surface area contributed by atoms with Crippen molar-refractivity contribution in [2.75, 3.05) is 0 Å². The topological polar surface area (TPSA) is 9.23 Å². The van der Waals surface area contributed by atoms with Gasteiger partial charge in [-0.15, -0.1) is 6.58 Å². The van der Waals surface area contributed by atoms with Crippen LogP contribution in [0.1, 0.15) is 13.8 Å². The first-order valence-corrected chi connectivity index (χ1v) is 6.65. The zero-order valence-electron chi connectivity index (χ0n) is 6.61. The van der Waals surface area contributed by atoms with Crippen molar-refractivity contribution >= 4 is 18.8 Å². The summed E-state index contributed by atoms with van der Waals surface area (Å²) in [6.45, 7) is 8.18. The third-order valence-corrected chi connectivity index (χ3v) is 8.37. The number of hydrogen-bond acceptors (Lipinski definition) is 1. The molecule has 0 aliphatic carbocycles. The SMILES string of the molecule is C=C[Si](CC)(CC)O[SiH3]. The highest BCUT2D eigenvalue weighted by Crippen LogP contribution is 2.15. The van der Waals surface area contributed by atoms with Crippen molar-refractivity contribution < 1.29 is 4.12 Å². The van der Waals surface area contributed by atoms with Crippen LogP contribution >= 0.6 is 0 Å². The van der Waals surface area contributed by atoms with Gasteiger partial charge in [-0.25, -0.2) is 0 Å². The van der Waals surface area contributed by atoms with E-state index in [4.69, 9.17) is 4.12 Å². The quantitative estimate of drug-likeness (QED) is 0.557. The first-order valence-electron chi connectivity index (χ1n) is 3.43. The molecule has 3 heteroatoms. The maximum absolute atomic E-state index is 5.55. The van der Waals surface area contributed by atoms with E-state index < -0.39 is 8.32 Å². The van der Waals surface area contributed by atoms with Crippen LogP contribution in [0.15, 0.2) is 12.3 Å². The molecule has 0 bridgehead atoms. The lowest BCUT2D eigenvalue weighted by molar-refractivity contribution is 0.606. The van der Waals surface area contributed by atoms with E-state index in [0.29, 0.717) is 0 Å². The Hall–Kier alpha value is 0.134. The molecule has 0 aromatic carbocycles. The van der Waals surface area contributed by atoms with Gasteiger partial charge in [-0.1, -0.05) is 19.5 Å². The van der Waals surface area contributed by atoms with Gasteiger partial charge in [0.15, 0.2) is 0 Å². The smallest absolute Gasteiger partial charge is 0.203 e. The maximum atomic E-state index is 5.55. The van der Waals surface area contributed by atoms with Crippen molar-refractivity contribution in [1.82, 2.24) is 0 Å². The van der Waals surface area contributed by atoms with Gasteiger partial charge in [-0.3, -0.25) is 0 Å². The molecule has 0 aromatic heterocycles. The molecule has 0 radical (unpaired) electrons. The van der Waals surface area contributed by atoms with Gasteiger partial charge in [0.2, 0.25) is 8.32 Å². The molecule has 54 valence electrons. The Balaban J connectivity index is 3.98. The summed E-state index contributed by atoms with van der Waals surface area (Å²) in [6, 6.07) is 2.35. The summed E-state index contributed by atoms with van der Waals surface area (Å²) in [5, 5.41) is 0. The largest absolute Gasteiger partial charge is 0.461 e. The molecular formula is C6H16OSi2. The summed E-state index contributed by atoms with van der Waals surface area (Å²) in [5.41, 5.74) is 2.06. The van der Waals surface area contributed by atoms with Gasteiger partial charge >= 0.3 is 0 Å². The van der Waals surface area contributed by atoms with E-state index in [-0.39, 0.29) is 0 Å². The van der Waals surface area contributed by atoms with E-state index in [1.54, 1.807) is 0 Å². The van der Waals surface area contributed by atoms with Gasteiger partial charge in [0.1, 0.15) is 10.5 Å². The van der Waals surface area contributed by atoms with Crippen molar-refractivity contribution in [3.8, 4) is 0 Å². The van der Waals surface area contributed by atoms with Crippen molar-refractivity contribution in [3.63, 3.8) is 0 Å². The van der Waals surface area contributed by atoms with E-state index in [0.717, 1.165) is 10.5 Å². The number of rotatable bonds is 4. The van der Waals surface area contributed by atoms with Crippen molar-refractivity contribution in [2.24, 2.45) is 0 Å². The van der Waals surface area contributed by atoms with Crippen LogP contribution in [-0.4, -0.2) is 18.8 Å². The fourth-order valence-electron chi connectivity index (χ4n) is 0.911. The Morgan fingerprint density at radius 2 is 2.00 bits per heavy atom. The van der Waals surface area contributed by atoms with Crippen molar-refractivity contribution in [3.05, 3.63) is 12.3 Å². The fraction of sp³-hybridized carbons (Fsp3) is 0.667. The van der Waals surface area contributed by atoms with Gasteiger partial charge in [-0.2, -0.15) is 0 Å². The van der Waals surface area contributed by atoms with Crippen LogP contribution in [-0.2, 0) is 4.12 Å². The lowest BCUT2D eigenvalue weighted by Crippen LogP contribution is -2.33. The lowest BCUT2D eigenvalue weighted by Gasteiger charge is -2.22. The summed E-state index contributed by atoms with van der Waals surface area (Å²) in [6.07, 6.45) is 0. The van der Waals surface area contributed by atoms with Gasteiger partial charge < -0.3 is 4.12 Å². The summed E-state index contributed by atoms with van der Waals surface area (Å²) >= 11 is 0. The molecule has 9 heavy (non-hydrogen) atoms. The Morgan fingerprint density at radius 3 is 2.00 bits per heavy atom. The highest BCUT2D eigenvalue weighted by atomic mass is 28.4. The van der Waals surface area contributed by atoms with E-state index >= 15 is 0 Å². The molecule has 0 aromatic rings. The standard InChI is InChI=1S/C6H16OSi2/c1-4-9(5-2,6-3)7-8/h4H,1,5-6H2,2-3,8H3. The monoisotopic (exact) mass is 160 g/mol. The van der Waals surface area contributed by atoms with Gasteiger partial charge in [0.05, 0.1) is 0 Å². The first kappa shape index (κ1) is 9.13. The minimum atomic E-state index is -1.37. The summed E-state index contributed by atoms with van der Waals surface area (Å²) < 4.78 is 5.55. The van der Waals surface area contributed by atoms with Crippen LogP contribution in [0.3, 0.4) is 0 Å². The maximum Gasteiger partial charge on any atom is 0.203 e. The summed E-state index contributed by atoms with van der Waals surface area (Å²) in [4.78, 5) is 0. The third-order valence-electron chi connectivity index (χ3n) is 1.98. The average molecular weight is 160 g/mol. The second kappa shape index (κ2) is 4.03. The average Bonchev–Trinajstić information content (AvgIpc) is 1.95. The molecule has 0 amide bonds. The van der Waals surface area contributed by atoms with Crippen LogP contribution in [0.4, 0.5) is 0 Å². The Kier molecular flexibility index (Phi) is 4.09. The predicted molar refractivity (Wildman–Crippen MR) is 47.9 cm³/mol. The van der Waals surface area contributed by atoms with E-state index in [1.807, 2.05) is 0 Å². The molecule has 0 unspecified atom stereocenters. The zero-order valence-corrected chi connectivity index (χ0v) is 9.61. The molecular weight excluding hydrogens is 144 g/mol. The Morgan fingerprint density at radius 1 is 1.56 bits per heavy atom. The summed E-state index contributed by atoms with van der Waals surface area (Å²) in [5.74, 6) is 0. The Labute approximate surface area is 61.8 Å². The normalized spacial score (nSPS) is 11.8. The van der Waals surface area contributed by atoms with Crippen LogP contribution in [0.2, 0.25) is 12.1 Å². The van der Waals surface area contributed by atoms with E-state index in [1.165, 1.54) is 12.1 Å². The molecule has 1 nitrogen and oxygen atoms in total. The molecule has 0 saturated carbocycles. The molecule has 0 N–H and O–H groups in total. The summed E-state index contributed by atoms with van der Waals surface area (Å²) in [7, 11) is -0.500. The number of hydrogen-bond donors (Lipinski definition) is 0. The van der Waals surface area contributed by atoms with Crippen molar-refractivity contribution in [2.45, 2.75) is 25.9 Å². The third kappa shape index (κ3) is 2.08. The molecule has 0 fully saturated rings. The highest BCUT2D eigenvalue weighted by Gasteiger charge is 2.23. The molecule has 0 aliphatic rings. The molecule has 0 atom stereocenters. The second-order valence-corrected chi connectivity index (χ2v) is 7.77. The van der Waals surface area contributed by atoms with E-state index in [9.17, 15) is 0 Å². The molecule has 0 aliphatic heterocycles. The second-order valence-electron chi connectivity index (χ2n) is 2.18. The van der Waals surface area contributed by atoms with Crippen molar-refractivity contribution in [1.29, 1.82) is 0 Å². The fourth-order valence-corrected chi connectivity index (χ4v) is 4.96. The lowest BCUT2D eigenvalue weighted by atomic mass is 10.9. The predicted octanol–water partition coefficient (Wildman–Crippen LogP) is 0.994. The molecule has 0 rings (SSSR count). The van der Waals surface area contributed by atoms with Crippen LogP contribution < -0.4 is 0 Å². The van der Waals surface area contributed by atoms with E-state index in [2.05, 4.69) is 26.1 Å². The van der Waals surface area contributed by atoms with Gasteiger partial charge in [-0.05, 0) is 12.1 Å². The van der Waals surface area contributed by atoms with Gasteiger partial charge in [0.25, 0.3) is 0 Å². The van der Waals surface area contributed by atoms with Gasteiger partial charge in [0, 0.05) is 0 Å². The molecule has 0 heterocycles. The first-order chi connectivity index (χ1) is 4.24. The van der Waals surface area contributed by atoms with Crippen LogP contribution in [0.5, 0.6) is 0 Å². The van der Waals surface area contributed by atoms with Crippen LogP contribution in [0.25, 0.3) is 0 Å². The van der Waals surface area contributed by atoms with Crippen LogP contribution in [0, 0.1) is 0 Å². The Bertz CT molecular complexity index is 80.8.